The van der Waals surface area contributed by atoms with Gasteiger partial charge in [0.05, 0.1) is 12.2 Å². The summed E-state index contributed by atoms with van der Waals surface area (Å²) in [7, 11) is 0. The zero-order chi connectivity index (χ0) is 15.7. The van der Waals surface area contributed by atoms with Gasteiger partial charge < -0.3 is 4.74 Å². The summed E-state index contributed by atoms with van der Waals surface area (Å²) in [6.45, 7) is 6.43. The van der Waals surface area contributed by atoms with Gasteiger partial charge in [-0.15, -0.1) is 0 Å². The Kier molecular flexibility index (Phi) is 4.17. The van der Waals surface area contributed by atoms with Gasteiger partial charge in [0, 0.05) is 11.0 Å². The van der Waals surface area contributed by atoms with Crippen LogP contribution in [0.5, 0.6) is 5.75 Å². The van der Waals surface area contributed by atoms with E-state index in [9.17, 15) is 13.2 Å². The van der Waals surface area contributed by atoms with Crippen molar-refractivity contribution in [3.63, 3.8) is 0 Å². The van der Waals surface area contributed by atoms with E-state index >= 15 is 0 Å². The molecular formula is C17H19F3O. The monoisotopic (exact) mass is 296 g/mol. The highest BCUT2D eigenvalue weighted by Crippen LogP contribution is 2.39. The van der Waals surface area contributed by atoms with Gasteiger partial charge in [-0.25, -0.2) is 0 Å². The molecule has 0 aliphatic carbocycles. The SMILES string of the molecule is CCC=CC1=CC(C)(C)COc2ccc(C(F)(F)F)cc21. The maximum Gasteiger partial charge on any atom is 0.416 e. The number of allylic oxidation sites excluding steroid dienone is 3. The lowest BCUT2D eigenvalue weighted by atomic mass is 9.90. The molecule has 0 radical (unpaired) electrons. The fourth-order valence-corrected chi connectivity index (χ4v) is 2.24. The Morgan fingerprint density at radius 1 is 1.29 bits per heavy atom. The molecule has 0 aromatic heterocycles. The molecule has 1 aromatic rings. The van der Waals surface area contributed by atoms with Crippen molar-refractivity contribution in [1.82, 2.24) is 0 Å². The fourth-order valence-electron chi connectivity index (χ4n) is 2.24. The van der Waals surface area contributed by atoms with E-state index in [2.05, 4.69) is 0 Å². The van der Waals surface area contributed by atoms with Crippen molar-refractivity contribution in [2.45, 2.75) is 33.4 Å². The Bertz CT molecular complexity index is 580. The van der Waals surface area contributed by atoms with Gasteiger partial charge >= 0.3 is 6.18 Å². The molecule has 0 N–H and O–H groups in total. The molecular weight excluding hydrogens is 277 g/mol. The van der Waals surface area contributed by atoms with Gasteiger partial charge in [-0.2, -0.15) is 13.2 Å². The van der Waals surface area contributed by atoms with E-state index < -0.39 is 11.7 Å². The summed E-state index contributed by atoms with van der Waals surface area (Å²) < 4.78 is 44.4. The molecule has 1 nitrogen and oxygen atoms in total. The minimum absolute atomic E-state index is 0.231. The van der Waals surface area contributed by atoms with Crippen molar-refractivity contribution in [1.29, 1.82) is 0 Å². The summed E-state index contributed by atoms with van der Waals surface area (Å²) in [4.78, 5) is 0. The predicted octanol–water partition coefficient (Wildman–Crippen LogP) is 5.47. The molecule has 1 aliphatic heterocycles. The molecule has 0 fully saturated rings. The Labute approximate surface area is 123 Å². The molecule has 1 heterocycles. The fraction of sp³-hybridized carbons (Fsp3) is 0.412. The second-order valence-electron chi connectivity index (χ2n) is 5.90. The molecule has 0 unspecified atom stereocenters. The molecule has 0 saturated carbocycles. The second kappa shape index (κ2) is 5.58. The average molecular weight is 296 g/mol. The summed E-state index contributed by atoms with van der Waals surface area (Å²) >= 11 is 0. The Morgan fingerprint density at radius 3 is 2.62 bits per heavy atom. The maximum absolute atomic E-state index is 12.9. The second-order valence-corrected chi connectivity index (χ2v) is 5.90. The maximum atomic E-state index is 12.9. The Balaban J connectivity index is 2.57. The van der Waals surface area contributed by atoms with E-state index in [0.29, 0.717) is 17.9 Å². The standard InChI is InChI=1S/C17H19F3O/c1-4-5-6-12-10-16(2,3)11-21-15-8-7-13(9-14(12)15)17(18,19)20/h5-10H,4,11H2,1-3H3. The van der Waals surface area contributed by atoms with Crippen molar-refractivity contribution in [2.75, 3.05) is 6.61 Å². The van der Waals surface area contributed by atoms with Crippen LogP contribution in [-0.4, -0.2) is 6.61 Å². The molecule has 114 valence electrons. The van der Waals surface area contributed by atoms with Crippen molar-refractivity contribution in [3.8, 4) is 5.75 Å². The van der Waals surface area contributed by atoms with Crippen LogP contribution >= 0.6 is 0 Å². The lowest BCUT2D eigenvalue weighted by Crippen LogP contribution is -2.17. The van der Waals surface area contributed by atoms with Crippen LogP contribution in [0.2, 0.25) is 0 Å². The van der Waals surface area contributed by atoms with Crippen LogP contribution in [0.4, 0.5) is 13.2 Å². The normalized spacial score (nSPS) is 17.9. The van der Waals surface area contributed by atoms with Crippen molar-refractivity contribution in [3.05, 3.63) is 47.6 Å². The first-order valence-corrected chi connectivity index (χ1v) is 6.97. The van der Waals surface area contributed by atoms with Crippen molar-refractivity contribution >= 4 is 5.57 Å². The summed E-state index contributed by atoms with van der Waals surface area (Å²) in [5, 5.41) is 0. The van der Waals surface area contributed by atoms with E-state index in [1.165, 1.54) is 12.1 Å². The van der Waals surface area contributed by atoms with Crippen LogP contribution < -0.4 is 4.74 Å². The smallest absolute Gasteiger partial charge is 0.416 e. The first-order chi connectivity index (χ1) is 9.73. The summed E-state index contributed by atoms with van der Waals surface area (Å²) in [6.07, 6.45) is 2.27. The number of alkyl halides is 3. The first-order valence-electron chi connectivity index (χ1n) is 6.97. The molecule has 1 aliphatic rings. The highest BCUT2D eigenvalue weighted by molar-refractivity contribution is 5.79. The quantitative estimate of drug-likeness (QED) is 0.702. The number of rotatable bonds is 2. The Hall–Kier alpha value is -1.71. The van der Waals surface area contributed by atoms with E-state index in [0.717, 1.165) is 18.1 Å². The third-order valence-corrected chi connectivity index (χ3v) is 3.30. The van der Waals surface area contributed by atoms with Gasteiger partial charge in [0.15, 0.2) is 0 Å². The summed E-state index contributed by atoms with van der Waals surface area (Å²) in [5.41, 5.74) is 0.395. The van der Waals surface area contributed by atoms with Gasteiger partial charge in [-0.1, -0.05) is 39.0 Å². The molecule has 0 bridgehead atoms. The third kappa shape index (κ3) is 3.69. The van der Waals surface area contributed by atoms with Crippen LogP contribution in [0, 0.1) is 5.41 Å². The summed E-state index contributed by atoms with van der Waals surface area (Å²) in [6, 6.07) is 3.65. The number of hydrogen-bond donors (Lipinski definition) is 0. The van der Waals surface area contributed by atoms with E-state index in [-0.39, 0.29) is 5.41 Å². The van der Waals surface area contributed by atoms with E-state index in [1.807, 2.05) is 39.0 Å². The van der Waals surface area contributed by atoms with Gasteiger partial charge in [-0.3, -0.25) is 0 Å². The van der Waals surface area contributed by atoms with Crippen molar-refractivity contribution < 1.29 is 17.9 Å². The van der Waals surface area contributed by atoms with E-state index in [1.54, 1.807) is 0 Å². The Morgan fingerprint density at radius 2 is 2.00 bits per heavy atom. The molecule has 21 heavy (non-hydrogen) atoms. The lowest BCUT2D eigenvalue weighted by Gasteiger charge is -2.18. The number of halogens is 3. The molecule has 0 amide bonds. The van der Waals surface area contributed by atoms with Crippen molar-refractivity contribution in [2.24, 2.45) is 5.41 Å². The zero-order valence-corrected chi connectivity index (χ0v) is 12.4. The first kappa shape index (κ1) is 15.7. The minimum Gasteiger partial charge on any atom is -0.492 e. The van der Waals surface area contributed by atoms with Crippen LogP contribution in [-0.2, 0) is 6.18 Å². The molecule has 0 spiro atoms. The topological polar surface area (TPSA) is 9.23 Å². The van der Waals surface area contributed by atoms with Gasteiger partial charge in [0.2, 0.25) is 0 Å². The number of benzene rings is 1. The number of ether oxygens (including phenoxy) is 1. The minimum atomic E-state index is -4.35. The molecule has 4 heteroatoms. The van der Waals surface area contributed by atoms with Gasteiger partial charge in [0.25, 0.3) is 0 Å². The molecule has 2 rings (SSSR count). The number of fused-ring (bicyclic) bond motifs is 1. The predicted molar refractivity (Wildman–Crippen MR) is 78.1 cm³/mol. The van der Waals surface area contributed by atoms with E-state index in [4.69, 9.17) is 4.74 Å². The highest BCUT2D eigenvalue weighted by atomic mass is 19.4. The van der Waals surface area contributed by atoms with Crippen LogP contribution in [0.1, 0.15) is 38.3 Å². The van der Waals surface area contributed by atoms with Gasteiger partial charge in [-0.05, 0) is 30.2 Å². The third-order valence-electron chi connectivity index (χ3n) is 3.30. The average Bonchev–Trinajstić information content (AvgIpc) is 2.52. The van der Waals surface area contributed by atoms with Crippen LogP contribution in [0.15, 0.2) is 36.4 Å². The lowest BCUT2D eigenvalue weighted by molar-refractivity contribution is -0.137. The van der Waals surface area contributed by atoms with Gasteiger partial charge in [0.1, 0.15) is 5.75 Å². The molecule has 0 atom stereocenters. The largest absolute Gasteiger partial charge is 0.492 e. The highest BCUT2D eigenvalue weighted by Gasteiger charge is 2.32. The molecule has 0 saturated heterocycles. The molecule has 1 aromatic carbocycles. The summed E-state index contributed by atoms with van der Waals surface area (Å²) in [5.74, 6) is 0.501. The number of hydrogen-bond acceptors (Lipinski definition) is 1. The zero-order valence-electron chi connectivity index (χ0n) is 12.4. The van der Waals surface area contributed by atoms with Crippen LogP contribution in [0.25, 0.3) is 5.57 Å². The van der Waals surface area contributed by atoms with Crippen LogP contribution in [0.3, 0.4) is 0 Å².